The molecule has 0 atom stereocenters. The fraction of sp³-hybridized carbons (Fsp3) is 0.167. The van der Waals surface area contributed by atoms with Gasteiger partial charge in [0.2, 0.25) is 0 Å². The monoisotopic (exact) mass is 256 g/mol. The summed E-state index contributed by atoms with van der Waals surface area (Å²) in [5.41, 5.74) is 1.41. The van der Waals surface area contributed by atoms with Gasteiger partial charge in [0.1, 0.15) is 6.33 Å². The number of hydrogen-bond donors (Lipinski definition) is 2. The maximum Gasteiger partial charge on any atom is 0.251 e. The predicted molar refractivity (Wildman–Crippen MR) is 68.3 cm³/mol. The van der Waals surface area contributed by atoms with Crippen LogP contribution in [0.4, 0.5) is 0 Å². The Bertz CT molecular complexity index is 728. The summed E-state index contributed by atoms with van der Waals surface area (Å²) in [5.74, 6) is 0.419. The van der Waals surface area contributed by atoms with Crippen LogP contribution in [0, 0.1) is 0 Å². The number of fused-ring (bicyclic) bond motifs is 1. The molecule has 96 valence electrons. The number of nitrogens with zero attached hydrogens (tertiary/aromatic N) is 4. The van der Waals surface area contributed by atoms with Gasteiger partial charge in [-0.1, -0.05) is 6.07 Å². The maximum atomic E-state index is 12.0. The summed E-state index contributed by atoms with van der Waals surface area (Å²) < 4.78 is 1.60. The molecule has 0 aliphatic heterocycles. The average molecular weight is 256 g/mol. The van der Waals surface area contributed by atoms with Gasteiger partial charge in [0, 0.05) is 18.0 Å². The number of aromatic nitrogens is 5. The Morgan fingerprint density at radius 2 is 2.37 bits per heavy atom. The van der Waals surface area contributed by atoms with Crippen LogP contribution in [0.5, 0.6) is 0 Å². The van der Waals surface area contributed by atoms with Crippen molar-refractivity contribution in [3.05, 3.63) is 42.1 Å². The normalized spacial score (nSPS) is 10.8. The highest BCUT2D eigenvalue weighted by Gasteiger charge is 2.08. The number of amides is 1. The fourth-order valence-electron chi connectivity index (χ4n) is 1.80. The van der Waals surface area contributed by atoms with E-state index in [-0.39, 0.29) is 5.91 Å². The zero-order valence-electron chi connectivity index (χ0n) is 10.3. The number of carbonyl (C=O) groups excluding carboxylic acids is 1. The van der Waals surface area contributed by atoms with Crippen LogP contribution in [0.25, 0.3) is 10.9 Å². The zero-order chi connectivity index (χ0) is 13.2. The molecule has 0 spiro atoms. The Kier molecular flexibility index (Phi) is 2.71. The van der Waals surface area contributed by atoms with Gasteiger partial charge in [0.15, 0.2) is 5.82 Å². The van der Waals surface area contributed by atoms with Crippen molar-refractivity contribution >= 4 is 16.8 Å². The Balaban J connectivity index is 1.72. The van der Waals surface area contributed by atoms with E-state index in [0.717, 1.165) is 10.9 Å². The molecule has 0 saturated carbocycles. The van der Waals surface area contributed by atoms with Crippen molar-refractivity contribution < 1.29 is 4.79 Å². The molecule has 0 radical (unpaired) electrons. The van der Waals surface area contributed by atoms with Crippen LogP contribution in [-0.4, -0.2) is 30.9 Å². The van der Waals surface area contributed by atoms with Crippen molar-refractivity contribution in [3.63, 3.8) is 0 Å². The Morgan fingerprint density at radius 3 is 3.16 bits per heavy atom. The highest BCUT2D eigenvalue weighted by atomic mass is 16.1. The van der Waals surface area contributed by atoms with Gasteiger partial charge in [-0.2, -0.15) is 10.2 Å². The molecule has 0 saturated heterocycles. The first-order valence-corrected chi connectivity index (χ1v) is 5.78. The van der Waals surface area contributed by atoms with E-state index in [1.165, 1.54) is 0 Å². The zero-order valence-corrected chi connectivity index (χ0v) is 10.3. The summed E-state index contributed by atoms with van der Waals surface area (Å²) in [4.78, 5) is 16.0. The molecule has 0 fully saturated rings. The first kappa shape index (κ1) is 11.4. The van der Waals surface area contributed by atoms with Crippen LogP contribution in [0.3, 0.4) is 0 Å². The molecule has 0 aliphatic rings. The molecular formula is C12H12N6O. The van der Waals surface area contributed by atoms with Crippen molar-refractivity contribution in [2.75, 3.05) is 0 Å². The molecule has 2 heterocycles. The van der Waals surface area contributed by atoms with E-state index in [2.05, 4.69) is 25.6 Å². The summed E-state index contributed by atoms with van der Waals surface area (Å²) in [6.07, 6.45) is 3.31. The van der Waals surface area contributed by atoms with Gasteiger partial charge in [0.25, 0.3) is 5.91 Å². The second-order valence-corrected chi connectivity index (χ2v) is 4.19. The largest absolute Gasteiger partial charge is 0.345 e. The molecule has 1 aromatic carbocycles. The number of rotatable bonds is 3. The molecular weight excluding hydrogens is 244 g/mol. The Labute approximate surface area is 108 Å². The lowest BCUT2D eigenvalue weighted by Crippen LogP contribution is -2.23. The van der Waals surface area contributed by atoms with Crippen molar-refractivity contribution in [1.29, 1.82) is 0 Å². The molecule has 19 heavy (non-hydrogen) atoms. The standard InChI is InChI=1S/C12H12N6O/c1-18-7-14-11(17-18)6-13-12(19)8-2-3-9-5-15-16-10(9)4-8/h2-5,7H,6H2,1H3,(H,13,19)(H,15,16). The third kappa shape index (κ3) is 2.30. The molecule has 0 bridgehead atoms. The molecule has 3 aromatic rings. The van der Waals surface area contributed by atoms with Crippen molar-refractivity contribution in [2.45, 2.75) is 6.54 Å². The van der Waals surface area contributed by atoms with Crippen LogP contribution in [-0.2, 0) is 13.6 Å². The first-order valence-electron chi connectivity index (χ1n) is 5.78. The van der Waals surface area contributed by atoms with Crippen molar-refractivity contribution in [1.82, 2.24) is 30.3 Å². The van der Waals surface area contributed by atoms with E-state index in [1.54, 1.807) is 36.4 Å². The SMILES string of the molecule is Cn1cnc(CNC(=O)c2ccc3cn[nH]c3c2)n1. The van der Waals surface area contributed by atoms with Crippen LogP contribution in [0.1, 0.15) is 16.2 Å². The Hall–Kier alpha value is -2.70. The van der Waals surface area contributed by atoms with E-state index < -0.39 is 0 Å². The Morgan fingerprint density at radius 1 is 1.47 bits per heavy atom. The van der Waals surface area contributed by atoms with E-state index >= 15 is 0 Å². The van der Waals surface area contributed by atoms with E-state index in [0.29, 0.717) is 17.9 Å². The highest BCUT2D eigenvalue weighted by molar-refractivity contribution is 5.97. The summed E-state index contributed by atoms with van der Waals surface area (Å²) in [5, 5.41) is 14.6. The van der Waals surface area contributed by atoms with Crippen LogP contribution in [0.15, 0.2) is 30.7 Å². The number of aromatic amines is 1. The maximum absolute atomic E-state index is 12.0. The van der Waals surface area contributed by atoms with Crippen LogP contribution in [0.2, 0.25) is 0 Å². The summed E-state index contributed by atoms with van der Waals surface area (Å²) in [7, 11) is 1.78. The van der Waals surface area contributed by atoms with Crippen molar-refractivity contribution in [2.24, 2.45) is 7.05 Å². The first-order chi connectivity index (χ1) is 9.22. The van der Waals surface area contributed by atoms with Gasteiger partial charge in [0.05, 0.1) is 18.3 Å². The minimum Gasteiger partial charge on any atom is -0.345 e. The van der Waals surface area contributed by atoms with Gasteiger partial charge >= 0.3 is 0 Å². The molecule has 1 amide bonds. The molecule has 0 unspecified atom stereocenters. The molecule has 2 aromatic heterocycles. The van der Waals surface area contributed by atoms with E-state index in [4.69, 9.17) is 0 Å². The number of nitrogens with one attached hydrogen (secondary N) is 2. The van der Waals surface area contributed by atoms with E-state index in [9.17, 15) is 4.79 Å². The lowest BCUT2D eigenvalue weighted by atomic mass is 10.1. The summed E-state index contributed by atoms with van der Waals surface area (Å²) in [6, 6.07) is 5.38. The smallest absolute Gasteiger partial charge is 0.251 e. The number of benzene rings is 1. The third-order valence-electron chi connectivity index (χ3n) is 2.76. The van der Waals surface area contributed by atoms with Crippen molar-refractivity contribution in [3.8, 4) is 0 Å². The van der Waals surface area contributed by atoms with Crippen LogP contribution < -0.4 is 5.32 Å². The number of H-pyrrole nitrogens is 1. The molecule has 2 N–H and O–H groups in total. The van der Waals surface area contributed by atoms with Gasteiger partial charge in [-0.3, -0.25) is 14.6 Å². The second kappa shape index (κ2) is 4.52. The van der Waals surface area contributed by atoms with E-state index in [1.807, 2.05) is 6.07 Å². The highest BCUT2D eigenvalue weighted by Crippen LogP contribution is 2.12. The quantitative estimate of drug-likeness (QED) is 0.719. The molecule has 7 nitrogen and oxygen atoms in total. The predicted octanol–water partition coefficient (Wildman–Crippen LogP) is 0.621. The topological polar surface area (TPSA) is 88.5 Å². The minimum absolute atomic E-state index is 0.163. The summed E-state index contributed by atoms with van der Waals surface area (Å²) >= 11 is 0. The molecule has 3 rings (SSSR count). The van der Waals surface area contributed by atoms with Crippen LogP contribution >= 0.6 is 0 Å². The second-order valence-electron chi connectivity index (χ2n) is 4.19. The molecule has 0 aliphatic carbocycles. The van der Waals surface area contributed by atoms with Gasteiger partial charge < -0.3 is 5.32 Å². The van der Waals surface area contributed by atoms with Gasteiger partial charge in [-0.05, 0) is 12.1 Å². The lowest BCUT2D eigenvalue weighted by Gasteiger charge is -2.02. The third-order valence-corrected chi connectivity index (χ3v) is 2.76. The van der Waals surface area contributed by atoms with Gasteiger partial charge in [-0.25, -0.2) is 4.98 Å². The lowest BCUT2D eigenvalue weighted by molar-refractivity contribution is 0.0950. The minimum atomic E-state index is -0.163. The number of hydrogen-bond acceptors (Lipinski definition) is 4. The average Bonchev–Trinajstić information content (AvgIpc) is 3.03. The number of aryl methyl sites for hydroxylation is 1. The fourth-order valence-corrected chi connectivity index (χ4v) is 1.80. The molecule has 7 heteroatoms. The number of carbonyl (C=O) groups is 1. The van der Waals surface area contributed by atoms with Gasteiger partial charge in [-0.15, -0.1) is 0 Å². The summed E-state index contributed by atoms with van der Waals surface area (Å²) in [6.45, 7) is 0.306.